The quantitative estimate of drug-likeness (QED) is 0.851. The topological polar surface area (TPSA) is 54.0 Å². The molecule has 2 heterocycles. The molecule has 0 spiro atoms. The lowest BCUT2D eigenvalue weighted by Crippen LogP contribution is -2.51. The molecule has 0 aliphatic carbocycles. The van der Waals surface area contributed by atoms with Crippen molar-refractivity contribution in [1.29, 1.82) is 0 Å². The van der Waals surface area contributed by atoms with Crippen molar-refractivity contribution in [2.75, 3.05) is 52.6 Å². The van der Waals surface area contributed by atoms with Crippen LogP contribution in [-0.4, -0.2) is 74.5 Å². The number of hydrogen-bond donors (Lipinski definition) is 1. The second kappa shape index (κ2) is 9.75. The van der Waals surface area contributed by atoms with Gasteiger partial charge in [0, 0.05) is 52.0 Å². The zero-order valence-corrected chi connectivity index (χ0v) is 14.9. The monoisotopic (exact) mass is 347 g/mol. The summed E-state index contributed by atoms with van der Waals surface area (Å²) in [6.07, 6.45) is 1.84. The van der Waals surface area contributed by atoms with Crippen LogP contribution in [0.25, 0.3) is 0 Å². The summed E-state index contributed by atoms with van der Waals surface area (Å²) in [5.74, 6) is 0. The Morgan fingerprint density at radius 3 is 2.48 bits per heavy atom. The smallest absolute Gasteiger partial charge is 0.317 e. The number of amides is 2. The summed E-state index contributed by atoms with van der Waals surface area (Å²) in [7, 11) is 0. The van der Waals surface area contributed by atoms with Gasteiger partial charge < -0.3 is 19.7 Å². The van der Waals surface area contributed by atoms with E-state index in [0.29, 0.717) is 6.54 Å². The summed E-state index contributed by atoms with van der Waals surface area (Å²) in [5, 5.41) is 3.09. The zero-order chi connectivity index (χ0) is 17.3. The Balaban J connectivity index is 1.55. The molecule has 1 aromatic rings. The van der Waals surface area contributed by atoms with Gasteiger partial charge in [0.05, 0.1) is 13.2 Å². The molecule has 0 saturated carbocycles. The van der Waals surface area contributed by atoms with Gasteiger partial charge >= 0.3 is 6.03 Å². The molecule has 3 rings (SSSR count). The van der Waals surface area contributed by atoms with E-state index >= 15 is 0 Å². The average molecular weight is 347 g/mol. The lowest BCUT2D eigenvalue weighted by Gasteiger charge is -2.36. The molecule has 1 N–H and O–H groups in total. The van der Waals surface area contributed by atoms with Crippen molar-refractivity contribution in [3.8, 4) is 0 Å². The third kappa shape index (κ3) is 5.70. The SMILES string of the molecule is O=C(NCc1ccccc1)N(CCN1CCOCC1)C1CCOCC1. The number of morpholine rings is 1. The lowest BCUT2D eigenvalue weighted by atomic mass is 10.1. The molecule has 6 heteroatoms. The molecule has 2 aliphatic heterocycles. The average Bonchev–Trinajstić information content (AvgIpc) is 2.69. The molecule has 25 heavy (non-hydrogen) atoms. The normalized spacial score (nSPS) is 19.5. The number of hydrogen-bond acceptors (Lipinski definition) is 4. The van der Waals surface area contributed by atoms with Crippen molar-refractivity contribution in [1.82, 2.24) is 15.1 Å². The summed E-state index contributed by atoms with van der Waals surface area (Å²) in [6, 6.07) is 10.4. The van der Waals surface area contributed by atoms with Crippen molar-refractivity contribution >= 4 is 6.03 Å². The van der Waals surface area contributed by atoms with E-state index in [1.165, 1.54) is 0 Å². The van der Waals surface area contributed by atoms with Crippen molar-refractivity contribution in [3.63, 3.8) is 0 Å². The van der Waals surface area contributed by atoms with Crippen LogP contribution in [0, 0.1) is 0 Å². The molecular formula is C19H29N3O3. The van der Waals surface area contributed by atoms with Gasteiger partial charge in [-0.05, 0) is 18.4 Å². The van der Waals surface area contributed by atoms with Gasteiger partial charge in [-0.2, -0.15) is 0 Å². The highest BCUT2D eigenvalue weighted by atomic mass is 16.5. The fourth-order valence-corrected chi connectivity index (χ4v) is 3.40. The van der Waals surface area contributed by atoms with E-state index in [1.807, 2.05) is 35.2 Å². The molecule has 0 bridgehead atoms. The Morgan fingerprint density at radius 2 is 1.76 bits per heavy atom. The molecular weight excluding hydrogens is 318 g/mol. The van der Waals surface area contributed by atoms with Crippen LogP contribution in [0.1, 0.15) is 18.4 Å². The van der Waals surface area contributed by atoms with Crippen LogP contribution in [0.4, 0.5) is 4.79 Å². The van der Waals surface area contributed by atoms with Crippen LogP contribution in [-0.2, 0) is 16.0 Å². The second-order valence-corrected chi connectivity index (χ2v) is 6.64. The van der Waals surface area contributed by atoms with Gasteiger partial charge in [-0.15, -0.1) is 0 Å². The number of nitrogens with one attached hydrogen (secondary N) is 1. The first-order valence-electron chi connectivity index (χ1n) is 9.29. The molecule has 138 valence electrons. The summed E-state index contributed by atoms with van der Waals surface area (Å²) in [4.78, 5) is 17.2. The first-order chi connectivity index (χ1) is 12.3. The molecule has 2 saturated heterocycles. The largest absolute Gasteiger partial charge is 0.381 e. The fourth-order valence-electron chi connectivity index (χ4n) is 3.40. The van der Waals surface area contributed by atoms with Crippen molar-refractivity contribution in [3.05, 3.63) is 35.9 Å². The highest BCUT2D eigenvalue weighted by Gasteiger charge is 2.26. The van der Waals surface area contributed by atoms with Gasteiger partial charge in [-0.25, -0.2) is 4.79 Å². The van der Waals surface area contributed by atoms with Crippen molar-refractivity contribution in [2.24, 2.45) is 0 Å². The van der Waals surface area contributed by atoms with Gasteiger partial charge in [0.25, 0.3) is 0 Å². The van der Waals surface area contributed by atoms with Crippen LogP contribution in [0.5, 0.6) is 0 Å². The molecule has 2 fully saturated rings. The first kappa shape index (κ1) is 18.2. The molecule has 0 atom stereocenters. The predicted octanol–water partition coefficient (Wildman–Crippen LogP) is 1.71. The molecule has 0 aromatic heterocycles. The van der Waals surface area contributed by atoms with E-state index in [4.69, 9.17) is 9.47 Å². The van der Waals surface area contributed by atoms with E-state index < -0.39 is 0 Å². The molecule has 6 nitrogen and oxygen atoms in total. The van der Waals surface area contributed by atoms with E-state index in [2.05, 4.69) is 10.2 Å². The third-order valence-electron chi connectivity index (χ3n) is 4.94. The van der Waals surface area contributed by atoms with E-state index in [0.717, 1.165) is 71.0 Å². The minimum atomic E-state index is 0.0315. The molecule has 0 unspecified atom stereocenters. The number of ether oxygens (including phenoxy) is 2. The van der Waals surface area contributed by atoms with Gasteiger partial charge in [-0.3, -0.25) is 4.90 Å². The molecule has 2 amide bonds. The number of carbonyl (C=O) groups excluding carboxylic acids is 1. The van der Waals surface area contributed by atoms with Gasteiger partial charge in [0.2, 0.25) is 0 Å². The summed E-state index contributed by atoms with van der Waals surface area (Å²) >= 11 is 0. The highest BCUT2D eigenvalue weighted by molar-refractivity contribution is 5.74. The minimum absolute atomic E-state index is 0.0315. The predicted molar refractivity (Wildman–Crippen MR) is 96.5 cm³/mol. The fraction of sp³-hybridized carbons (Fsp3) is 0.632. The summed E-state index contributed by atoms with van der Waals surface area (Å²) in [6.45, 7) is 7.19. The van der Waals surface area contributed by atoms with Crippen molar-refractivity contribution in [2.45, 2.75) is 25.4 Å². The van der Waals surface area contributed by atoms with Crippen molar-refractivity contribution < 1.29 is 14.3 Å². The maximum absolute atomic E-state index is 12.8. The highest BCUT2D eigenvalue weighted by Crippen LogP contribution is 2.15. The first-order valence-corrected chi connectivity index (χ1v) is 9.29. The summed E-state index contributed by atoms with van der Waals surface area (Å²) in [5.41, 5.74) is 1.12. The van der Waals surface area contributed by atoms with Crippen LogP contribution < -0.4 is 5.32 Å². The number of nitrogens with zero attached hydrogens (tertiary/aromatic N) is 2. The number of rotatable bonds is 6. The maximum Gasteiger partial charge on any atom is 0.317 e. The Bertz CT molecular complexity index is 514. The number of urea groups is 1. The Labute approximate surface area is 150 Å². The maximum atomic E-state index is 12.8. The third-order valence-corrected chi connectivity index (χ3v) is 4.94. The van der Waals surface area contributed by atoms with Crippen LogP contribution in [0.3, 0.4) is 0 Å². The van der Waals surface area contributed by atoms with Gasteiger partial charge in [-0.1, -0.05) is 30.3 Å². The minimum Gasteiger partial charge on any atom is -0.381 e. The van der Waals surface area contributed by atoms with Crippen LogP contribution in [0.15, 0.2) is 30.3 Å². The van der Waals surface area contributed by atoms with Gasteiger partial charge in [0.15, 0.2) is 0 Å². The molecule has 0 radical (unpaired) electrons. The Morgan fingerprint density at radius 1 is 1.08 bits per heavy atom. The standard InChI is InChI=1S/C19H29N3O3/c23-19(20-16-17-4-2-1-3-5-17)22(18-6-12-24-13-7-18)9-8-21-10-14-25-15-11-21/h1-5,18H,6-16H2,(H,20,23). The Kier molecular flexibility index (Phi) is 7.09. The zero-order valence-electron chi connectivity index (χ0n) is 14.9. The Hall–Kier alpha value is -1.63. The number of benzene rings is 1. The van der Waals surface area contributed by atoms with E-state index in [9.17, 15) is 4.79 Å². The molecule has 1 aromatic carbocycles. The summed E-state index contributed by atoms with van der Waals surface area (Å²) < 4.78 is 10.9. The van der Waals surface area contributed by atoms with Crippen LogP contribution in [0.2, 0.25) is 0 Å². The molecule has 2 aliphatic rings. The lowest BCUT2D eigenvalue weighted by molar-refractivity contribution is 0.0226. The number of carbonyl (C=O) groups is 1. The van der Waals surface area contributed by atoms with E-state index in [-0.39, 0.29) is 12.1 Å². The van der Waals surface area contributed by atoms with Crippen LogP contribution >= 0.6 is 0 Å². The van der Waals surface area contributed by atoms with Gasteiger partial charge in [0.1, 0.15) is 0 Å². The van der Waals surface area contributed by atoms with E-state index in [1.54, 1.807) is 0 Å². The second-order valence-electron chi connectivity index (χ2n) is 6.64.